The van der Waals surface area contributed by atoms with E-state index in [1.54, 1.807) is 6.08 Å². The largest absolute Gasteiger partial charge is 0.366 e. The molecule has 0 bridgehead atoms. The summed E-state index contributed by atoms with van der Waals surface area (Å²) in [7, 11) is 0. The van der Waals surface area contributed by atoms with E-state index in [4.69, 9.17) is 4.74 Å². The van der Waals surface area contributed by atoms with E-state index in [2.05, 4.69) is 25.1 Å². The van der Waals surface area contributed by atoms with Gasteiger partial charge in [-0.2, -0.15) is 0 Å². The minimum atomic E-state index is -0.297. The lowest BCUT2D eigenvalue weighted by Gasteiger charge is -2.29. The van der Waals surface area contributed by atoms with Gasteiger partial charge in [0.05, 0.1) is 12.2 Å². The lowest BCUT2D eigenvalue weighted by molar-refractivity contribution is -0.117. The normalized spacial score (nSPS) is 32.8. The SMILES string of the molecule is C[C@]12C=CC(=O)C[C@H]1/C(=C\c1ccccc1)CO2. The number of carbonyl (C=O) groups is 1. The highest BCUT2D eigenvalue weighted by molar-refractivity contribution is 5.91. The highest BCUT2D eigenvalue weighted by Crippen LogP contribution is 2.42. The Morgan fingerprint density at radius 1 is 1.33 bits per heavy atom. The summed E-state index contributed by atoms with van der Waals surface area (Å²) < 4.78 is 5.87. The molecule has 0 aromatic heterocycles. The molecule has 92 valence electrons. The van der Waals surface area contributed by atoms with Gasteiger partial charge in [-0.05, 0) is 30.2 Å². The van der Waals surface area contributed by atoms with Crippen LogP contribution >= 0.6 is 0 Å². The number of fused-ring (bicyclic) bond motifs is 1. The number of ketones is 1. The number of hydrogen-bond acceptors (Lipinski definition) is 2. The average molecular weight is 240 g/mol. The van der Waals surface area contributed by atoms with Crippen molar-refractivity contribution in [2.45, 2.75) is 18.9 Å². The van der Waals surface area contributed by atoms with Crippen molar-refractivity contribution >= 4 is 11.9 Å². The Morgan fingerprint density at radius 2 is 2.11 bits per heavy atom. The smallest absolute Gasteiger partial charge is 0.156 e. The fraction of sp³-hybridized carbons (Fsp3) is 0.312. The molecule has 0 N–H and O–H groups in total. The first-order valence-electron chi connectivity index (χ1n) is 6.29. The molecule has 2 atom stereocenters. The van der Waals surface area contributed by atoms with Gasteiger partial charge in [0.1, 0.15) is 0 Å². The Bertz CT molecular complexity index is 527. The van der Waals surface area contributed by atoms with E-state index in [9.17, 15) is 4.79 Å². The van der Waals surface area contributed by atoms with Crippen LogP contribution in [0.1, 0.15) is 18.9 Å². The van der Waals surface area contributed by atoms with E-state index in [1.807, 2.05) is 24.3 Å². The fourth-order valence-corrected chi connectivity index (χ4v) is 2.74. The second-order valence-electron chi connectivity index (χ2n) is 5.16. The second kappa shape index (κ2) is 4.21. The van der Waals surface area contributed by atoms with Crippen LogP contribution < -0.4 is 0 Å². The minimum Gasteiger partial charge on any atom is -0.366 e. The first kappa shape index (κ1) is 11.4. The van der Waals surface area contributed by atoms with Crippen LogP contribution in [-0.4, -0.2) is 18.0 Å². The topological polar surface area (TPSA) is 26.3 Å². The van der Waals surface area contributed by atoms with Crippen LogP contribution in [0.15, 0.2) is 48.1 Å². The van der Waals surface area contributed by atoms with Gasteiger partial charge in [-0.3, -0.25) is 4.79 Å². The zero-order valence-corrected chi connectivity index (χ0v) is 10.4. The Balaban J connectivity index is 1.94. The summed E-state index contributed by atoms with van der Waals surface area (Å²) in [6.45, 7) is 2.68. The van der Waals surface area contributed by atoms with Crippen molar-refractivity contribution in [3.8, 4) is 0 Å². The Kier molecular flexibility index (Phi) is 2.67. The van der Waals surface area contributed by atoms with Gasteiger partial charge >= 0.3 is 0 Å². The first-order chi connectivity index (χ1) is 8.67. The standard InChI is InChI=1S/C16H16O2/c1-16-8-7-14(17)10-15(16)13(11-18-16)9-12-5-3-2-4-6-12/h2-9,15H,10-11H2,1H3/b13-9-/t15-,16-/m0/s1. The maximum atomic E-state index is 11.6. The van der Waals surface area contributed by atoms with Gasteiger partial charge in [0, 0.05) is 12.3 Å². The van der Waals surface area contributed by atoms with Gasteiger partial charge in [0.25, 0.3) is 0 Å². The maximum absolute atomic E-state index is 11.6. The summed E-state index contributed by atoms with van der Waals surface area (Å²) >= 11 is 0. The number of hydrogen-bond donors (Lipinski definition) is 0. The molecule has 1 fully saturated rings. The minimum absolute atomic E-state index is 0.190. The Morgan fingerprint density at radius 3 is 2.89 bits per heavy atom. The van der Waals surface area contributed by atoms with E-state index >= 15 is 0 Å². The van der Waals surface area contributed by atoms with E-state index < -0.39 is 0 Å². The van der Waals surface area contributed by atoms with Crippen LogP contribution in [0, 0.1) is 5.92 Å². The quantitative estimate of drug-likeness (QED) is 0.754. The zero-order chi connectivity index (χ0) is 12.6. The lowest BCUT2D eigenvalue weighted by atomic mass is 9.78. The molecular formula is C16H16O2. The zero-order valence-electron chi connectivity index (χ0n) is 10.4. The van der Waals surface area contributed by atoms with Crippen molar-refractivity contribution in [3.63, 3.8) is 0 Å². The van der Waals surface area contributed by atoms with E-state index in [1.165, 1.54) is 11.1 Å². The number of allylic oxidation sites excluding steroid dienone is 1. The van der Waals surface area contributed by atoms with Gasteiger partial charge in [-0.15, -0.1) is 0 Å². The third kappa shape index (κ3) is 1.93. The first-order valence-corrected chi connectivity index (χ1v) is 6.29. The van der Waals surface area contributed by atoms with Gasteiger partial charge in [-0.25, -0.2) is 0 Å². The summed E-state index contributed by atoms with van der Waals surface area (Å²) in [4.78, 5) is 11.6. The molecule has 0 radical (unpaired) electrons. The highest BCUT2D eigenvalue weighted by Gasteiger charge is 2.44. The molecule has 0 amide bonds. The lowest BCUT2D eigenvalue weighted by Crippen LogP contribution is -2.34. The molecule has 1 aromatic rings. The van der Waals surface area contributed by atoms with Crippen LogP contribution in [0.3, 0.4) is 0 Å². The third-order valence-electron chi connectivity index (χ3n) is 3.85. The maximum Gasteiger partial charge on any atom is 0.156 e. The van der Waals surface area contributed by atoms with Crippen LogP contribution in [-0.2, 0) is 9.53 Å². The summed E-state index contributed by atoms with van der Waals surface area (Å²) in [6.07, 6.45) is 6.28. The summed E-state index contributed by atoms with van der Waals surface area (Å²) in [5.74, 6) is 0.386. The van der Waals surface area contributed by atoms with Gasteiger partial charge < -0.3 is 4.74 Å². The second-order valence-corrected chi connectivity index (χ2v) is 5.16. The van der Waals surface area contributed by atoms with Crippen molar-refractivity contribution < 1.29 is 9.53 Å². The molecule has 0 spiro atoms. The van der Waals surface area contributed by atoms with Crippen molar-refractivity contribution in [3.05, 3.63) is 53.6 Å². The number of carbonyl (C=O) groups excluding carboxylic acids is 1. The van der Waals surface area contributed by atoms with Crippen LogP contribution in [0.25, 0.3) is 6.08 Å². The molecule has 1 saturated heterocycles. The average Bonchev–Trinajstić information content (AvgIpc) is 2.69. The third-order valence-corrected chi connectivity index (χ3v) is 3.85. The summed E-state index contributed by atoms with van der Waals surface area (Å²) in [6, 6.07) is 10.2. The van der Waals surface area contributed by atoms with Crippen molar-refractivity contribution in [1.82, 2.24) is 0 Å². The van der Waals surface area contributed by atoms with Crippen LogP contribution in [0.2, 0.25) is 0 Å². The summed E-state index contributed by atoms with van der Waals surface area (Å²) in [5.41, 5.74) is 2.10. The van der Waals surface area contributed by atoms with E-state index in [-0.39, 0.29) is 17.3 Å². The van der Waals surface area contributed by atoms with Gasteiger partial charge in [0.15, 0.2) is 5.78 Å². The van der Waals surface area contributed by atoms with E-state index in [0.717, 1.165) is 0 Å². The molecule has 0 unspecified atom stereocenters. The van der Waals surface area contributed by atoms with E-state index in [0.29, 0.717) is 13.0 Å². The molecule has 2 heteroatoms. The molecule has 1 aliphatic carbocycles. The molecule has 1 aromatic carbocycles. The summed E-state index contributed by atoms with van der Waals surface area (Å²) in [5, 5.41) is 0. The fourth-order valence-electron chi connectivity index (χ4n) is 2.74. The number of rotatable bonds is 1. The molecule has 1 heterocycles. The number of benzene rings is 1. The van der Waals surface area contributed by atoms with Crippen molar-refractivity contribution in [1.29, 1.82) is 0 Å². The molecule has 2 aliphatic rings. The van der Waals surface area contributed by atoms with Crippen molar-refractivity contribution in [2.75, 3.05) is 6.61 Å². The Labute approximate surface area is 107 Å². The highest BCUT2D eigenvalue weighted by atomic mass is 16.5. The van der Waals surface area contributed by atoms with Crippen LogP contribution in [0.5, 0.6) is 0 Å². The molecule has 18 heavy (non-hydrogen) atoms. The molecule has 3 rings (SSSR count). The van der Waals surface area contributed by atoms with Crippen LogP contribution in [0.4, 0.5) is 0 Å². The van der Waals surface area contributed by atoms with Gasteiger partial charge in [-0.1, -0.05) is 36.4 Å². The molecular weight excluding hydrogens is 224 g/mol. The Hall–Kier alpha value is -1.67. The number of ether oxygens (including phenoxy) is 1. The molecule has 0 saturated carbocycles. The molecule has 2 nitrogen and oxygen atoms in total. The predicted octanol–water partition coefficient (Wildman–Crippen LogP) is 3.00. The van der Waals surface area contributed by atoms with Gasteiger partial charge in [0.2, 0.25) is 0 Å². The van der Waals surface area contributed by atoms with Crippen molar-refractivity contribution in [2.24, 2.45) is 5.92 Å². The monoisotopic (exact) mass is 240 g/mol. The predicted molar refractivity (Wildman–Crippen MR) is 71.0 cm³/mol. The molecule has 1 aliphatic heterocycles.